The number of hydrogen-bond acceptors (Lipinski definition) is 2. The average molecular weight is 298 g/mol. The summed E-state index contributed by atoms with van der Waals surface area (Å²) in [5.74, 6) is 1.68. The van der Waals surface area contributed by atoms with Gasteiger partial charge in [-0.05, 0) is 50.2 Å². The van der Waals surface area contributed by atoms with Crippen molar-refractivity contribution >= 4 is 23.2 Å². The number of rotatable bonds is 5. The average Bonchev–Trinajstić information content (AvgIpc) is 2.85. The lowest BCUT2D eigenvalue weighted by Crippen LogP contribution is -2.18. The minimum atomic E-state index is 0.194. The molecule has 0 spiro atoms. The lowest BCUT2D eigenvalue weighted by Gasteiger charge is -2.10. The molecule has 0 radical (unpaired) electrons. The van der Waals surface area contributed by atoms with Crippen LogP contribution in [0.1, 0.15) is 32.1 Å². The van der Waals surface area contributed by atoms with Crippen LogP contribution in [0.15, 0.2) is 34.7 Å². The van der Waals surface area contributed by atoms with Crippen LogP contribution in [0.4, 0.5) is 0 Å². The first-order valence-electron chi connectivity index (χ1n) is 6.40. The highest BCUT2D eigenvalue weighted by atomic mass is 35.5. The summed E-state index contributed by atoms with van der Waals surface area (Å²) in [6.07, 6.45) is 1.10. The Labute approximate surface area is 123 Å². The van der Waals surface area contributed by atoms with E-state index in [9.17, 15) is 0 Å². The second kappa shape index (κ2) is 6.47. The number of benzene rings is 1. The van der Waals surface area contributed by atoms with Gasteiger partial charge in [-0.2, -0.15) is 0 Å². The van der Waals surface area contributed by atoms with E-state index in [1.165, 1.54) is 0 Å². The highest BCUT2D eigenvalue weighted by Crippen LogP contribution is 2.32. The molecule has 1 N–H and O–H groups in total. The molecule has 19 heavy (non-hydrogen) atoms. The van der Waals surface area contributed by atoms with Crippen LogP contribution in [-0.2, 0) is 0 Å². The van der Waals surface area contributed by atoms with Gasteiger partial charge < -0.3 is 9.73 Å². The molecular weight excluding hydrogens is 281 g/mol. The summed E-state index contributed by atoms with van der Waals surface area (Å²) in [7, 11) is 0. The van der Waals surface area contributed by atoms with Gasteiger partial charge in [-0.15, -0.1) is 0 Å². The topological polar surface area (TPSA) is 25.2 Å². The minimum absolute atomic E-state index is 0.194. The zero-order valence-corrected chi connectivity index (χ0v) is 12.6. The van der Waals surface area contributed by atoms with Gasteiger partial charge >= 0.3 is 0 Å². The summed E-state index contributed by atoms with van der Waals surface area (Å²) in [5.41, 5.74) is 0.861. The van der Waals surface area contributed by atoms with Gasteiger partial charge in [0.25, 0.3) is 0 Å². The van der Waals surface area contributed by atoms with Gasteiger partial charge in [-0.25, -0.2) is 0 Å². The molecule has 102 valence electrons. The van der Waals surface area contributed by atoms with Crippen molar-refractivity contribution in [3.63, 3.8) is 0 Å². The Kier molecular flexibility index (Phi) is 4.92. The highest BCUT2D eigenvalue weighted by molar-refractivity contribution is 6.36. The molecule has 0 bridgehead atoms. The summed E-state index contributed by atoms with van der Waals surface area (Å²) < 4.78 is 5.86. The minimum Gasteiger partial charge on any atom is -0.459 e. The van der Waals surface area contributed by atoms with Crippen LogP contribution >= 0.6 is 23.2 Å². The van der Waals surface area contributed by atoms with Gasteiger partial charge in [0.2, 0.25) is 0 Å². The van der Waals surface area contributed by atoms with Crippen molar-refractivity contribution in [2.75, 3.05) is 6.54 Å². The van der Waals surface area contributed by atoms with E-state index in [-0.39, 0.29) is 6.04 Å². The van der Waals surface area contributed by atoms with E-state index in [0.29, 0.717) is 10.0 Å². The number of hydrogen-bond donors (Lipinski definition) is 1. The first kappa shape index (κ1) is 14.4. The van der Waals surface area contributed by atoms with Crippen molar-refractivity contribution in [2.24, 2.45) is 0 Å². The lowest BCUT2D eigenvalue weighted by molar-refractivity contribution is 0.439. The van der Waals surface area contributed by atoms with Gasteiger partial charge in [0, 0.05) is 10.6 Å². The maximum Gasteiger partial charge on any atom is 0.135 e. The monoisotopic (exact) mass is 297 g/mol. The summed E-state index contributed by atoms with van der Waals surface area (Å²) in [4.78, 5) is 0. The molecule has 2 rings (SSSR count). The maximum atomic E-state index is 6.18. The quantitative estimate of drug-likeness (QED) is 0.808. The SMILES string of the molecule is CCCNC(C)c1ccc(-c2ccc(Cl)cc2Cl)o1. The van der Waals surface area contributed by atoms with Crippen molar-refractivity contribution in [2.45, 2.75) is 26.3 Å². The third-order valence-corrected chi connectivity index (χ3v) is 3.50. The predicted octanol–water partition coefficient (Wildman–Crippen LogP) is 5.31. The molecular formula is C15H17Cl2NO. The Morgan fingerprint density at radius 1 is 1.21 bits per heavy atom. The highest BCUT2D eigenvalue weighted by Gasteiger charge is 2.12. The molecule has 1 heterocycles. The van der Waals surface area contributed by atoms with E-state index in [0.717, 1.165) is 30.0 Å². The zero-order valence-electron chi connectivity index (χ0n) is 11.0. The van der Waals surface area contributed by atoms with Crippen LogP contribution < -0.4 is 5.32 Å². The molecule has 0 aliphatic rings. The summed E-state index contributed by atoms with van der Waals surface area (Å²) in [5, 5.41) is 4.61. The van der Waals surface area contributed by atoms with Crippen molar-refractivity contribution in [3.05, 3.63) is 46.1 Å². The van der Waals surface area contributed by atoms with Crippen LogP contribution in [0.2, 0.25) is 10.0 Å². The van der Waals surface area contributed by atoms with E-state index < -0.39 is 0 Å². The van der Waals surface area contributed by atoms with Crippen LogP contribution in [-0.4, -0.2) is 6.54 Å². The van der Waals surface area contributed by atoms with E-state index in [1.807, 2.05) is 24.3 Å². The third kappa shape index (κ3) is 3.53. The van der Waals surface area contributed by atoms with E-state index >= 15 is 0 Å². The molecule has 1 unspecified atom stereocenters. The Balaban J connectivity index is 2.20. The van der Waals surface area contributed by atoms with E-state index in [2.05, 4.69) is 19.2 Å². The molecule has 0 saturated carbocycles. The van der Waals surface area contributed by atoms with Gasteiger partial charge in [-0.3, -0.25) is 0 Å². The molecule has 4 heteroatoms. The fraction of sp³-hybridized carbons (Fsp3) is 0.333. The maximum absolute atomic E-state index is 6.18. The Morgan fingerprint density at radius 2 is 2.00 bits per heavy atom. The van der Waals surface area contributed by atoms with E-state index in [1.54, 1.807) is 6.07 Å². The van der Waals surface area contributed by atoms with Gasteiger partial charge in [0.05, 0.1) is 11.1 Å². The first-order chi connectivity index (χ1) is 9.11. The number of halogens is 2. The zero-order chi connectivity index (χ0) is 13.8. The molecule has 0 aliphatic heterocycles. The molecule has 0 fully saturated rings. The Bertz CT molecular complexity index is 551. The first-order valence-corrected chi connectivity index (χ1v) is 7.16. The number of furan rings is 1. The standard InChI is InChI=1S/C15H17Cl2NO/c1-3-8-18-10(2)14-6-7-15(19-14)12-5-4-11(16)9-13(12)17/h4-7,9-10,18H,3,8H2,1-2H3. The fourth-order valence-electron chi connectivity index (χ4n) is 1.88. The van der Waals surface area contributed by atoms with Crippen molar-refractivity contribution in [1.29, 1.82) is 0 Å². The Hall–Kier alpha value is -0.960. The van der Waals surface area contributed by atoms with Crippen LogP contribution in [0.3, 0.4) is 0 Å². The molecule has 1 atom stereocenters. The van der Waals surface area contributed by atoms with Crippen molar-refractivity contribution in [1.82, 2.24) is 5.32 Å². The lowest BCUT2D eigenvalue weighted by atomic mass is 10.2. The largest absolute Gasteiger partial charge is 0.459 e. The predicted molar refractivity (Wildman–Crippen MR) is 80.9 cm³/mol. The molecule has 1 aromatic carbocycles. The van der Waals surface area contributed by atoms with Gasteiger partial charge in [-0.1, -0.05) is 30.1 Å². The molecule has 1 aromatic heterocycles. The molecule has 0 aliphatic carbocycles. The normalized spacial score (nSPS) is 12.6. The summed E-state index contributed by atoms with van der Waals surface area (Å²) >= 11 is 12.1. The van der Waals surface area contributed by atoms with Gasteiger partial charge in [0.1, 0.15) is 11.5 Å². The van der Waals surface area contributed by atoms with Crippen LogP contribution in [0, 0.1) is 0 Å². The summed E-state index contributed by atoms with van der Waals surface area (Å²) in [6, 6.07) is 9.52. The molecule has 2 nitrogen and oxygen atoms in total. The van der Waals surface area contributed by atoms with Gasteiger partial charge in [0.15, 0.2) is 0 Å². The summed E-state index contributed by atoms with van der Waals surface area (Å²) in [6.45, 7) is 5.20. The third-order valence-electron chi connectivity index (χ3n) is 2.95. The fourth-order valence-corrected chi connectivity index (χ4v) is 2.38. The molecule has 2 aromatic rings. The molecule has 0 saturated heterocycles. The molecule has 0 amide bonds. The van der Waals surface area contributed by atoms with Crippen LogP contribution in [0.5, 0.6) is 0 Å². The second-order valence-corrected chi connectivity index (χ2v) is 5.35. The van der Waals surface area contributed by atoms with E-state index in [4.69, 9.17) is 27.6 Å². The van der Waals surface area contributed by atoms with Crippen LogP contribution in [0.25, 0.3) is 11.3 Å². The van der Waals surface area contributed by atoms with Crippen molar-refractivity contribution in [3.8, 4) is 11.3 Å². The van der Waals surface area contributed by atoms with Crippen molar-refractivity contribution < 1.29 is 4.42 Å². The smallest absolute Gasteiger partial charge is 0.135 e. The number of nitrogens with one attached hydrogen (secondary N) is 1. The second-order valence-electron chi connectivity index (χ2n) is 4.50. The Morgan fingerprint density at radius 3 is 2.68 bits per heavy atom.